The van der Waals surface area contributed by atoms with E-state index >= 15 is 0 Å². The van der Waals surface area contributed by atoms with E-state index in [9.17, 15) is 0 Å². The number of hydrogen-bond acceptors (Lipinski definition) is 6. The molecule has 0 spiro atoms. The Morgan fingerprint density at radius 3 is 3.00 bits per heavy atom. The highest BCUT2D eigenvalue weighted by molar-refractivity contribution is 5.28. The van der Waals surface area contributed by atoms with Crippen LogP contribution in [-0.4, -0.2) is 49.5 Å². The smallest absolute Gasteiger partial charge is 0.266 e. The van der Waals surface area contributed by atoms with Gasteiger partial charge in [-0.15, -0.1) is 0 Å². The fourth-order valence-corrected chi connectivity index (χ4v) is 3.03. The van der Waals surface area contributed by atoms with Gasteiger partial charge in [-0.2, -0.15) is 4.98 Å². The number of ether oxygens (including phenoxy) is 1. The first-order chi connectivity index (χ1) is 9.83. The molecular formula is C14H24N4O2. The third-order valence-electron chi connectivity index (χ3n) is 4.39. The van der Waals surface area contributed by atoms with Crippen molar-refractivity contribution in [2.45, 2.75) is 26.2 Å². The fourth-order valence-electron chi connectivity index (χ4n) is 3.03. The van der Waals surface area contributed by atoms with Crippen LogP contribution in [0.15, 0.2) is 4.52 Å². The number of morpholine rings is 1. The van der Waals surface area contributed by atoms with E-state index in [1.54, 1.807) is 0 Å². The lowest BCUT2D eigenvalue weighted by Crippen LogP contribution is -2.36. The molecule has 0 bridgehead atoms. The first-order valence-corrected chi connectivity index (χ1v) is 7.69. The standard InChI is InChI=1S/C14H24N4O2/c1-11(12-3-2-4-15-10-12)9-13-16-14(17-20-13)18-5-7-19-8-6-18/h11-12,15H,2-10H2,1H3. The molecule has 2 fully saturated rings. The molecule has 0 radical (unpaired) electrons. The Morgan fingerprint density at radius 2 is 2.25 bits per heavy atom. The van der Waals surface area contributed by atoms with Gasteiger partial charge in [-0.05, 0) is 42.9 Å². The highest BCUT2D eigenvalue weighted by Gasteiger charge is 2.23. The topological polar surface area (TPSA) is 63.4 Å². The number of anilines is 1. The maximum Gasteiger partial charge on any atom is 0.266 e. The van der Waals surface area contributed by atoms with E-state index in [-0.39, 0.29) is 0 Å². The summed E-state index contributed by atoms with van der Waals surface area (Å²) in [5, 5.41) is 7.58. The van der Waals surface area contributed by atoms with Crippen LogP contribution in [0.2, 0.25) is 0 Å². The molecule has 3 heterocycles. The highest BCUT2D eigenvalue weighted by Crippen LogP contribution is 2.23. The molecule has 112 valence electrons. The molecule has 0 saturated carbocycles. The molecule has 0 aliphatic carbocycles. The predicted molar refractivity (Wildman–Crippen MR) is 75.8 cm³/mol. The number of aromatic nitrogens is 2. The molecule has 2 saturated heterocycles. The molecular weight excluding hydrogens is 256 g/mol. The van der Waals surface area contributed by atoms with Gasteiger partial charge in [-0.1, -0.05) is 6.92 Å². The zero-order chi connectivity index (χ0) is 13.8. The van der Waals surface area contributed by atoms with Crippen LogP contribution in [0.5, 0.6) is 0 Å². The van der Waals surface area contributed by atoms with Crippen molar-refractivity contribution in [2.75, 3.05) is 44.3 Å². The van der Waals surface area contributed by atoms with Crippen molar-refractivity contribution in [1.82, 2.24) is 15.5 Å². The van der Waals surface area contributed by atoms with E-state index in [4.69, 9.17) is 9.26 Å². The Bertz CT molecular complexity index is 411. The fraction of sp³-hybridized carbons (Fsp3) is 0.857. The van der Waals surface area contributed by atoms with Crippen molar-refractivity contribution in [3.8, 4) is 0 Å². The number of nitrogens with one attached hydrogen (secondary N) is 1. The van der Waals surface area contributed by atoms with E-state index in [0.717, 1.165) is 63.6 Å². The van der Waals surface area contributed by atoms with Crippen LogP contribution < -0.4 is 10.2 Å². The van der Waals surface area contributed by atoms with Gasteiger partial charge in [-0.25, -0.2) is 0 Å². The van der Waals surface area contributed by atoms with Crippen molar-refractivity contribution < 1.29 is 9.26 Å². The number of rotatable bonds is 4. The van der Waals surface area contributed by atoms with Gasteiger partial charge in [0.05, 0.1) is 13.2 Å². The second kappa shape index (κ2) is 6.54. The van der Waals surface area contributed by atoms with Gasteiger partial charge in [0.2, 0.25) is 5.89 Å². The summed E-state index contributed by atoms with van der Waals surface area (Å²) in [6.45, 7) is 7.75. The zero-order valence-electron chi connectivity index (χ0n) is 12.2. The lowest BCUT2D eigenvalue weighted by molar-refractivity contribution is 0.121. The molecule has 6 nitrogen and oxygen atoms in total. The van der Waals surface area contributed by atoms with Crippen molar-refractivity contribution in [2.24, 2.45) is 11.8 Å². The van der Waals surface area contributed by atoms with Crippen molar-refractivity contribution in [3.05, 3.63) is 5.89 Å². The first-order valence-electron chi connectivity index (χ1n) is 7.69. The van der Waals surface area contributed by atoms with Gasteiger partial charge in [-0.3, -0.25) is 0 Å². The van der Waals surface area contributed by atoms with Crippen LogP contribution in [0.3, 0.4) is 0 Å². The molecule has 0 amide bonds. The van der Waals surface area contributed by atoms with E-state index in [1.165, 1.54) is 12.8 Å². The minimum Gasteiger partial charge on any atom is -0.378 e. The summed E-state index contributed by atoms with van der Waals surface area (Å²) in [6.07, 6.45) is 3.46. The second-order valence-electron chi connectivity index (χ2n) is 5.88. The van der Waals surface area contributed by atoms with Crippen LogP contribution in [0, 0.1) is 11.8 Å². The van der Waals surface area contributed by atoms with Crippen LogP contribution in [-0.2, 0) is 11.2 Å². The molecule has 1 aromatic heterocycles. The van der Waals surface area contributed by atoms with Crippen LogP contribution in [0.4, 0.5) is 5.95 Å². The van der Waals surface area contributed by atoms with Gasteiger partial charge < -0.3 is 19.5 Å². The minimum absolute atomic E-state index is 0.584. The van der Waals surface area contributed by atoms with Gasteiger partial charge in [0.25, 0.3) is 5.95 Å². The Hall–Kier alpha value is -1.14. The summed E-state index contributed by atoms with van der Waals surface area (Å²) in [7, 11) is 0. The molecule has 2 aliphatic rings. The molecule has 20 heavy (non-hydrogen) atoms. The number of piperidine rings is 1. The summed E-state index contributed by atoms with van der Waals surface area (Å²) in [5.74, 6) is 2.80. The highest BCUT2D eigenvalue weighted by atomic mass is 16.5. The maximum absolute atomic E-state index is 5.42. The average molecular weight is 280 g/mol. The summed E-state index contributed by atoms with van der Waals surface area (Å²) in [5.41, 5.74) is 0. The quantitative estimate of drug-likeness (QED) is 0.890. The average Bonchev–Trinajstić information content (AvgIpc) is 2.97. The van der Waals surface area contributed by atoms with E-state index < -0.39 is 0 Å². The zero-order valence-corrected chi connectivity index (χ0v) is 12.2. The lowest BCUT2D eigenvalue weighted by atomic mass is 9.85. The van der Waals surface area contributed by atoms with Gasteiger partial charge in [0.1, 0.15) is 0 Å². The maximum atomic E-state index is 5.42. The van der Waals surface area contributed by atoms with Gasteiger partial charge >= 0.3 is 0 Å². The molecule has 6 heteroatoms. The second-order valence-corrected chi connectivity index (χ2v) is 5.88. The largest absolute Gasteiger partial charge is 0.378 e. The molecule has 1 aromatic rings. The summed E-state index contributed by atoms with van der Waals surface area (Å²) in [6, 6.07) is 0. The Labute approximate surface area is 119 Å². The summed E-state index contributed by atoms with van der Waals surface area (Å²) in [4.78, 5) is 6.67. The van der Waals surface area contributed by atoms with Crippen LogP contribution >= 0.6 is 0 Å². The van der Waals surface area contributed by atoms with E-state index in [0.29, 0.717) is 5.92 Å². The van der Waals surface area contributed by atoms with Crippen molar-refractivity contribution in [1.29, 1.82) is 0 Å². The molecule has 2 atom stereocenters. The van der Waals surface area contributed by atoms with Gasteiger partial charge in [0, 0.05) is 19.5 Å². The normalized spacial score (nSPS) is 25.6. The van der Waals surface area contributed by atoms with Crippen molar-refractivity contribution >= 4 is 5.95 Å². The van der Waals surface area contributed by atoms with E-state index in [1.807, 2.05) is 0 Å². The monoisotopic (exact) mass is 280 g/mol. The summed E-state index contributed by atoms with van der Waals surface area (Å²) < 4.78 is 10.8. The van der Waals surface area contributed by atoms with E-state index in [2.05, 4.69) is 27.3 Å². The lowest BCUT2D eigenvalue weighted by Gasteiger charge is -2.27. The molecule has 2 aliphatic heterocycles. The minimum atomic E-state index is 0.584. The van der Waals surface area contributed by atoms with Crippen LogP contribution in [0.25, 0.3) is 0 Å². The number of hydrogen-bond donors (Lipinski definition) is 1. The number of nitrogens with zero attached hydrogens (tertiary/aromatic N) is 3. The first kappa shape index (κ1) is 13.8. The molecule has 2 unspecified atom stereocenters. The van der Waals surface area contributed by atoms with Crippen LogP contribution in [0.1, 0.15) is 25.7 Å². The van der Waals surface area contributed by atoms with Gasteiger partial charge in [0.15, 0.2) is 0 Å². The third-order valence-corrected chi connectivity index (χ3v) is 4.39. The SMILES string of the molecule is CC(Cc1nc(N2CCOCC2)no1)C1CCCNC1. The summed E-state index contributed by atoms with van der Waals surface area (Å²) >= 11 is 0. The predicted octanol–water partition coefficient (Wildman–Crippen LogP) is 1.08. The Morgan fingerprint density at radius 1 is 1.40 bits per heavy atom. The molecule has 3 rings (SSSR count). The molecule has 0 aromatic carbocycles. The van der Waals surface area contributed by atoms with Crippen molar-refractivity contribution in [3.63, 3.8) is 0 Å². The Kier molecular flexibility index (Phi) is 4.52. The molecule has 1 N–H and O–H groups in total. The third kappa shape index (κ3) is 3.30. The Balaban J connectivity index is 1.56.